The molecule has 58 valence electrons. The van der Waals surface area contributed by atoms with Gasteiger partial charge in [-0.3, -0.25) is 4.79 Å². The summed E-state index contributed by atoms with van der Waals surface area (Å²) >= 11 is 0. The molecule has 1 heterocycles. The van der Waals surface area contributed by atoms with Crippen molar-refractivity contribution in [1.29, 1.82) is 0 Å². The van der Waals surface area contributed by atoms with Gasteiger partial charge in [0.15, 0.2) is 0 Å². The van der Waals surface area contributed by atoms with Gasteiger partial charge < -0.3 is 5.32 Å². The molecule has 0 bridgehead atoms. The Bertz CT molecular complexity index is 263. The summed E-state index contributed by atoms with van der Waals surface area (Å²) in [7, 11) is 0. The molecule has 1 fully saturated rings. The molecule has 2 nitrogen and oxygen atoms in total. The van der Waals surface area contributed by atoms with Gasteiger partial charge in [-0.2, -0.15) is 0 Å². The third-order valence-electron chi connectivity index (χ3n) is 2.35. The monoisotopic (exact) mass is 149 g/mol. The second-order valence-electron chi connectivity index (χ2n) is 3.14. The Morgan fingerprint density at radius 2 is 2.45 bits per heavy atom. The number of allylic oxidation sites excluding steroid dienone is 2. The lowest BCUT2D eigenvalue weighted by Gasteiger charge is -2.15. The van der Waals surface area contributed by atoms with Crippen molar-refractivity contribution in [2.24, 2.45) is 0 Å². The molecule has 1 aliphatic carbocycles. The van der Waals surface area contributed by atoms with Gasteiger partial charge in [-0.05, 0) is 24.5 Å². The van der Waals surface area contributed by atoms with Gasteiger partial charge in [0.25, 0.3) is 0 Å². The molecule has 1 aliphatic heterocycles. The van der Waals surface area contributed by atoms with E-state index in [-0.39, 0.29) is 5.91 Å². The van der Waals surface area contributed by atoms with E-state index < -0.39 is 0 Å². The third-order valence-corrected chi connectivity index (χ3v) is 2.35. The maximum Gasteiger partial charge on any atom is 0.224 e. The van der Waals surface area contributed by atoms with Crippen LogP contribution in [0.3, 0.4) is 0 Å². The van der Waals surface area contributed by atoms with Crippen molar-refractivity contribution in [1.82, 2.24) is 5.32 Å². The number of rotatable bonds is 0. The molecular weight excluding hydrogens is 138 g/mol. The number of fused-ring (bicyclic) bond motifs is 1. The van der Waals surface area contributed by atoms with E-state index in [1.165, 1.54) is 11.1 Å². The normalized spacial score (nSPS) is 28.8. The molecule has 0 aromatic heterocycles. The van der Waals surface area contributed by atoms with Gasteiger partial charge in [0.1, 0.15) is 0 Å². The highest BCUT2D eigenvalue weighted by atomic mass is 16.1. The summed E-state index contributed by atoms with van der Waals surface area (Å²) in [5.74, 6) is 0.174. The van der Waals surface area contributed by atoms with Crippen molar-refractivity contribution in [3.05, 3.63) is 23.3 Å². The molecule has 1 unspecified atom stereocenters. The number of amides is 1. The van der Waals surface area contributed by atoms with Crippen molar-refractivity contribution >= 4 is 5.91 Å². The van der Waals surface area contributed by atoms with E-state index in [0.29, 0.717) is 12.5 Å². The Labute approximate surface area is 66.0 Å². The largest absolute Gasteiger partial charge is 0.349 e. The zero-order valence-corrected chi connectivity index (χ0v) is 6.55. The molecule has 0 radical (unpaired) electrons. The summed E-state index contributed by atoms with van der Waals surface area (Å²) in [6.07, 6.45) is 5.81. The SMILES string of the molecule is CC1=C2CC(=O)NC2CC=C1. The Morgan fingerprint density at radius 1 is 1.64 bits per heavy atom. The number of hydrogen-bond donors (Lipinski definition) is 1. The highest BCUT2D eigenvalue weighted by molar-refractivity contribution is 5.83. The predicted octanol–water partition coefficient (Wildman–Crippen LogP) is 1.15. The quantitative estimate of drug-likeness (QED) is 0.550. The van der Waals surface area contributed by atoms with Gasteiger partial charge in [-0.1, -0.05) is 12.2 Å². The molecule has 1 atom stereocenters. The van der Waals surface area contributed by atoms with E-state index >= 15 is 0 Å². The molecule has 1 saturated heterocycles. The van der Waals surface area contributed by atoms with Crippen molar-refractivity contribution in [3.8, 4) is 0 Å². The number of carbonyl (C=O) groups is 1. The highest BCUT2D eigenvalue weighted by Gasteiger charge is 2.27. The van der Waals surface area contributed by atoms with Crippen LogP contribution in [0.4, 0.5) is 0 Å². The fourth-order valence-corrected chi connectivity index (χ4v) is 1.73. The van der Waals surface area contributed by atoms with E-state index in [1.807, 2.05) is 0 Å². The third kappa shape index (κ3) is 0.985. The summed E-state index contributed by atoms with van der Waals surface area (Å²) in [6.45, 7) is 2.07. The van der Waals surface area contributed by atoms with Gasteiger partial charge in [0.05, 0.1) is 12.5 Å². The van der Waals surface area contributed by atoms with Crippen LogP contribution in [0.15, 0.2) is 23.3 Å². The van der Waals surface area contributed by atoms with Crippen molar-refractivity contribution in [2.75, 3.05) is 0 Å². The molecule has 1 amide bonds. The van der Waals surface area contributed by atoms with E-state index in [9.17, 15) is 4.79 Å². The smallest absolute Gasteiger partial charge is 0.224 e. The highest BCUT2D eigenvalue weighted by Crippen LogP contribution is 2.26. The zero-order chi connectivity index (χ0) is 7.84. The molecule has 0 aromatic carbocycles. The summed E-state index contributed by atoms with van der Waals surface area (Å²) in [5.41, 5.74) is 2.55. The topological polar surface area (TPSA) is 29.1 Å². The molecule has 2 aliphatic rings. The predicted molar refractivity (Wildman–Crippen MR) is 43.0 cm³/mol. The second kappa shape index (κ2) is 2.22. The maximum atomic E-state index is 11.0. The van der Waals surface area contributed by atoms with Gasteiger partial charge in [-0.15, -0.1) is 0 Å². The standard InChI is InChI=1S/C9H11NO/c1-6-3-2-4-8-7(6)5-9(11)10-8/h2-3,8H,4-5H2,1H3,(H,10,11). The first-order valence-electron chi connectivity index (χ1n) is 3.93. The van der Waals surface area contributed by atoms with Gasteiger partial charge in [0, 0.05) is 0 Å². The lowest BCUT2D eigenvalue weighted by Crippen LogP contribution is -2.26. The van der Waals surface area contributed by atoms with Crippen molar-refractivity contribution < 1.29 is 4.79 Å². The van der Waals surface area contributed by atoms with Crippen LogP contribution >= 0.6 is 0 Å². The van der Waals surface area contributed by atoms with Crippen molar-refractivity contribution in [3.63, 3.8) is 0 Å². The average Bonchev–Trinajstić information content (AvgIpc) is 2.31. The fourth-order valence-electron chi connectivity index (χ4n) is 1.73. The number of carbonyl (C=O) groups excluding carboxylic acids is 1. The molecule has 1 N–H and O–H groups in total. The minimum absolute atomic E-state index is 0.174. The first kappa shape index (κ1) is 6.65. The summed E-state index contributed by atoms with van der Waals surface area (Å²) in [4.78, 5) is 11.0. The molecule has 0 saturated carbocycles. The average molecular weight is 149 g/mol. The second-order valence-corrected chi connectivity index (χ2v) is 3.14. The van der Waals surface area contributed by atoms with Crippen LogP contribution < -0.4 is 5.32 Å². The first-order valence-corrected chi connectivity index (χ1v) is 3.93. The molecule has 11 heavy (non-hydrogen) atoms. The summed E-state index contributed by atoms with van der Waals surface area (Å²) < 4.78 is 0. The lowest BCUT2D eigenvalue weighted by molar-refractivity contribution is -0.119. The van der Waals surface area contributed by atoms with Crippen LogP contribution in [0.5, 0.6) is 0 Å². The number of nitrogens with one attached hydrogen (secondary N) is 1. The summed E-state index contributed by atoms with van der Waals surface area (Å²) in [6, 6.07) is 0.312. The molecular formula is C9H11NO. The molecule has 0 spiro atoms. The van der Waals surface area contributed by atoms with Crippen LogP contribution in [-0.4, -0.2) is 11.9 Å². The van der Waals surface area contributed by atoms with Crippen LogP contribution in [0.2, 0.25) is 0 Å². The van der Waals surface area contributed by atoms with E-state index in [2.05, 4.69) is 24.4 Å². The van der Waals surface area contributed by atoms with Gasteiger partial charge >= 0.3 is 0 Å². The lowest BCUT2D eigenvalue weighted by atomic mass is 9.95. The Kier molecular flexibility index (Phi) is 1.34. The molecule has 0 aromatic rings. The van der Waals surface area contributed by atoms with Crippen LogP contribution in [0.1, 0.15) is 19.8 Å². The van der Waals surface area contributed by atoms with Crippen LogP contribution in [0.25, 0.3) is 0 Å². The molecule has 2 rings (SSSR count). The molecule has 2 heteroatoms. The van der Waals surface area contributed by atoms with Crippen molar-refractivity contribution in [2.45, 2.75) is 25.8 Å². The number of hydrogen-bond acceptors (Lipinski definition) is 1. The van der Waals surface area contributed by atoms with Crippen LogP contribution in [0, 0.1) is 0 Å². The van der Waals surface area contributed by atoms with Crippen LogP contribution in [-0.2, 0) is 4.79 Å². The van der Waals surface area contributed by atoms with E-state index in [0.717, 1.165) is 6.42 Å². The fraction of sp³-hybridized carbons (Fsp3) is 0.444. The maximum absolute atomic E-state index is 11.0. The first-order chi connectivity index (χ1) is 5.27. The van der Waals surface area contributed by atoms with Gasteiger partial charge in [0.2, 0.25) is 5.91 Å². The van der Waals surface area contributed by atoms with E-state index in [4.69, 9.17) is 0 Å². The van der Waals surface area contributed by atoms with Gasteiger partial charge in [-0.25, -0.2) is 0 Å². The Balaban J connectivity index is 2.35. The zero-order valence-electron chi connectivity index (χ0n) is 6.55. The summed E-state index contributed by atoms with van der Waals surface area (Å²) in [5, 5.41) is 2.94. The Hall–Kier alpha value is -1.05. The minimum Gasteiger partial charge on any atom is -0.349 e. The van der Waals surface area contributed by atoms with E-state index in [1.54, 1.807) is 0 Å². The minimum atomic E-state index is 0.174. The Morgan fingerprint density at radius 3 is 3.18 bits per heavy atom.